The fourth-order valence-electron chi connectivity index (χ4n) is 6.66. The maximum absolute atomic E-state index is 2.42. The first-order valence-corrected chi connectivity index (χ1v) is 15.2. The number of nitrogens with zero attached hydrogens (tertiary/aromatic N) is 1. The number of hydrogen-bond acceptors (Lipinski definition) is 1. The molecule has 0 saturated carbocycles. The Labute approximate surface area is 247 Å². The van der Waals surface area contributed by atoms with E-state index in [1.54, 1.807) is 0 Å². The lowest BCUT2D eigenvalue weighted by molar-refractivity contribution is 1.18. The molecule has 0 aliphatic heterocycles. The largest absolute Gasteiger partial charge is 0.309 e. The van der Waals surface area contributed by atoms with Crippen molar-refractivity contribution in [3.8, 4) is 27.9 Å². The van der Waals surface area contributed by atoms with Crippen LogP contribution in [-0.4, -0.2) is 4.57 Å². The summed E-state index contributed by atoms with van der Waals surface area (Å²) >= 11 is 1.89. The lowest BCUT2D eigenvalue weighted by Gasteiger charge is -2.12. The minimum absolute atomic E-state index is 1.17. The van der Waals surface area contributed by atoms with Crippen LogP contribution in [0.5, 0.6) is 0 Å². The van der Waals surface area contributed by atoms with Crippen LogP contribution in [0.25, 0.3) is 80.7 Å². The summed E-state index contributed by atoms with van der Waals surface area (Å²) in [7, 11) is 0. The molecule has 0 spiro atoms. The molecule has 2 heterocycles. The molecular weight excluding hydrogens is 527 g/mol. The standard InChI is InChI=1S/C40H25NS/c1-2-11-30-26(9-1)10-7-14-31(30)27-19-22-29(23-20-27)41-37-17-5-3-12-33(37)34-24-21-28(25-38(34)41)32-15-8-16-36-35-13-4-6-18-39(35)42-40(32)36/h1-25H. The van der Waals surface area contributed by atoms with E-state index < -0.39 is 0 Å². The van der Waals surface area contributed by atoms with Gasteiger partial charge in [-0.05, 0) is 63.4 Å². The lowest BCUT2D eigenvalue weighted by atomic mass is 9.98. The van der Waals surface area contributed by atoms with Gasteiger partial charge in [0.1, 0.15) is 0 Å². The van der Waals surface area contributed by atoms with E-state index in [2.05, 4.69) is 156 Å². The Hall–Kier alpha value is -5.18. The van der Waals surface area contributed by atoms with Crippen LogP contribution in [0.4, 0.5) is 0 Å². The summed E-state index contributed by atoms with van der Waals surface area (Å²) in [6, 6.07) is 55.4. The van der Waals surface area contributed by atoms with Gasteiger partial charge in [-0.2, -0.15) is 0 Å². The zero-order valence-electron chi connectivity index (χ0n) is 22.8. The monoisotopic (exact) mass is 551 g/mol. The van der Waals surface area contributed by atoms with Crippen LogP contribution in [0.15, 0.2) is 152 Å². The predicted octanol–water partition coefficient (Wildman–Crippen LogP) is 11.6. The minimum Gasteiger partial charge on any atom is -0.309 e. The maximum atomic E-state index is 2.42. The van der Waals surface area contributed by atoms with Crippen molar-refractivity contribution < 1.29 is 0 Å². The van der Waals surface area contributed by atoms with Gasteiger partial charge in [-0.1, -0.05) is 121 Å². The van der Waals surface area contributed by atoms with E-state index in [-0.39, 0.29) is 0 Å². The van der Waals surface area contributed by atoms with Gasteiger partial charge in [0, 0.05) is 36.6 Å². The van der Waals surface area contributed by atoms with Gasteiger partial charge < -0.3 is 4.57 Å². The number of benzene rings is 7. The molecule has 0 bridgehead atoms. The molecule has 196 valence electrons. The molecule has 2 aromatic heterocycles. The molecule has 0 N–H and O–H groups in total. The highest BCUT2D eigenvalue weighted by Gasteiger charge is 2.16. The average Bonchev–Trinajstić information content (AvgIpc) is 3.60. The second-order valence-corrected chi connectivity index (χ2v) is 12.0. The van der Waals surface area contributed by atoms with Crippen LogP contribution in [0, 0.1) is 0 Å². The van der Waals surface area contributed by atoms with Crippen molar-refractivity contribution >= 4 is 64.1 Å². The molecule has 1 nitrogen and oxygen atoms in total. The van der Waals surface area contributed by atoms with Crippen molar-refractivity contribution in [2.45, 2.75) is 0 Å². The fourth-order valence-corrected chi connectivity index (χ4v) is 7.90. The Morgan fingerprint density at radius 3 is 1.95 bits per heavy atom. The van der Waals surface area contributed by atoms with Gasteiger partial charge in [-0.25, -0.2) is 0 Å². The Morgan fingerprint density at radius 1 is 0.405 bits per heavy atom. The summed E-state index contributed by atoms with van der Waals surface area (Å²) in [5.41, 5.74) is 8.65. The van der Waals surface area contributed by atoms with Crippen molar-refractivity contribution in [2.75, 3.05) is 0 Å². The molecule has 0 radical (unpaired) electrons. The summed E-state index contributed by atoms with van der Waals surface area (Å²) in [6.45, 7) is 0. The van der Waals surface area contributed by atoms with Crippen LogP contribution in [0.1, 0.15) is 0 Å². The van der Waals surface area contributed by atoms with Gasteiger partial charge in [0.05, 0.1) is 11.0 Å². The Kier molecular flexibility index (Phi) is 5.13. The van der Waals surface area contributed by atoms with Gasteiger partial charge in [0.25, 0.3) is 0 Å². The Balaban J connectivity index is 1.24. The molecular formula is C40H25NS. The third-order valence-corrected chi connectivity index (χ3v) is 9.84. The van der Waals surface area contributed by atoms with E-state index in [9.17, 15) is 0 Å². The minimum atomic E-state index is 1.17. The van der Waals surface area contributed by atoms with Gasteiger partial charge >= 0.3 is 0 Å². The number of para-hydroxylation sites is 1. The number of hydrogen-bond donors (Lipinski definition) is 0. The average molecular weight is 552 g/mol. The normalized spacial score (nSPS) is 11.8. The molecule has 0 fully saturated rings. The molecule has 7 aromatic carbocycles. The molecule has 42 heavy (non-hydrogen) atoms. The number of thiophene rings is 1. The molecule has 9 aromatic rings. The van der Waals surface area contributed by atoms with E-state index >= 15 is 0 Å². The van der Waals surface area contributed by atoms with Gasteiger partial charge in [-0.3, -0.25) is 0 Å². The first kappa shape index (κ1) is 23.5. The first-order valence-electron chi connectivity index (χ1n) is 14.4. The van der Waals surface area contributed by atoms with Crippen molar-refractivity contribution in [3.63, 3.8) is 0 Å². The highest BCUT2D eigenvalue weighted by atomic mass is 32.1. The van der Waals surface area contributed by atoms with Crippen molar-refractivity contribution in [1.29, 1.82) is 0 Å². The second kappa shape index (κ2) is 9.17. The van der Waals surface area contributed by atoms with Crippen molar-refractivity contribution in [2.24, 2.45) is 0 Å². The highest BCUT2D eigenvalue weighted by Crippen LogP contribution is 2.42. The van der Waals surface area contributed by atoms with Crippen molar-refractivity contribution in [1.82, 2.24) is 4.57 Å². The van der Waals surface area contributed by atoms with Crippen molar-refractivity contribution in [3.05, 3.63) is 152 Å². The van der Waals surface area contributed by atoms with E-state index in [1.165, 1.54) is 80.7 Å². The van der Waals surface area contributed by atoms with E-state index in [0.717, 1.165) is 0 Å². The smallest absolute Gasteiger partial charge is 0.0547 e. The Bertz CT molecular complexity index is 2450. The summed E-state index contributed by atoms with van der Waals surface area (Å²) in [6.07, 6.45) is 0. The van der Waals surface area contributed by atoms with E-state index in [4.69, 9.17) is 0 Å². The number of aromatic nitrogens is 1. The van der Waals surface area contributed by atoms with E-state index in [0.29, 0.717) is 0 Å². The fraction of sp³-hybridized carbons (Fsp3) is 0. The Morgan fingerprint density at radius 2 is 1.05 bits per heavy atom. The molecule has 0 aliphatic rings. The van der Waals surface area contributed by atoms with Crippen LogP contribution in [-0.2, 0) is 0 Å². The molecule has 0 saturated heterocycles. The molecule has 0 atom stereocenters. The lowest BCUT2D eigenvalue weighted by Crippen LogP contribution is -1.94. The molecule has 9 rings (SSSR count). The number of rotatable bonds is 3. The first-order chi connectivity index (χ1) is 20.8. The molecule has 0 unspecified atom stereocenters. The quantitative estimate of drug-likeness (QED) is 0.206. The predicted molar refractivity (Wildman–Crippen MR) is 182 cm³/mol. The van der Waals surface area contributed by atoms with Crippen LogP contribution in [0.3, 0.4) is 0 Å². The van der Waals surface area contributed by atoms with Crippen LogP contribution in [0.2, 0.25) is 0 Å². The highest BCUT2D eigenvalue weighted by molar-refractivity contribution is 7.26. The zero-order chi connectivity index (χ0) is 27.6. The van der Waals surface area contributed by atoms with Gasteiger partial charge in [0.15, 0.2) is 0 Å². The summed E-state index contributed by atoms with van der Waals surface area (Å²) < 4.78 is 5.10. The van der Waals surface area contributed by atoms with Crippen LogP contribution >= 0.6 is 11.3 Å². The summed E-state index contributed by atoms with van der Waals surface area (Å²) in [4.78, 5) is 0. The molecule has 2 heteroatoms. The van der Waals surface area contributed by atoms with E-state index in [1.807, 2.05) is 11.3 Å². The third-order valence-electron chi connectivity index (χ3n) is 8.62. The maximum Gasteiger partial charge on any atom is 0.0547 e. The van der Waals surface area contributed by atoms with Gasteiger partial charge in [-0.15, -0.1) is 11.3 Å². The third kappa shape index (κ3) is 3.49. The number of fused-ring (bicyclic) bond motifs is 7. The summed E-state index contributed by atoms with van der Waals surface area (Å²) in [5.74, 6) is 0. The SMILES string of the molecule is c1ccc2c(-c3ccc(-n4c5ccccc5c5ccc(-c6cccc7c6sc6ccccc67)cc54)cc3)cccc2c1. The molecule has 0 amide bonds. The summed E-state index contributed by atoms with van der Waals surface area (Å²) in [5, 5.41) is 7.76. The zero-order valence-corrected chi connectivity index (χ0v) is 23.6. The topological polar surface area (TPSA) is 4.93 Å². The van der Waals surface area contributed by atoms with Gasteiger partial charge in [0.2, 0.25) is 0 Å². The second-order valence-electron chi connectivity index (χ2n) is 10.9. The van der Waals surface area contributed by atoms with Crippen LogP contribution < -0.4 is 0 Å². The molecule has 0 aliphatic carbocycles.